The number of aromatic nitrogens is 2. The van der Waals surface area contributed by atoms with Gasteiger partial charge in [-0.25, -0.2) is 17.6 Å². The summed E-state index contributed by atoms with van der Waals surface area (Å²) in [5.41, 5.74) is 0.860. The minimum atomic E-state index is -2.95. The van der Waals surface area contributed by atoms with Crippen LogP contribution in [0.2, 0.25) is 0 Å². The largest absolute Gasteiger partial charge is 0.342 e. The third-order valence-corrected chi connectivity index (χ3v) is 6.23. The van der Waals surface area contributed by atoms with Gasteiger partial charge in [0.15, 0.2) is 11.6 Å². The summed E-state index contributed by atoms with van der Waals surface area (Å²) in [4.78, 5) is 14.1. The molecule has 0 radical (unpaired) electrons. The van der Waals surface area contributed by atoms with Crippen LogP contribution in [0.5, 0.6) is 0 Å². The van der Waals surface area contributed by atoms with Crippen LogP contribution in [0, 0.1) is 17.6 Å². The number of hydrogen-bond acceptors (Lipinski definition) is 2. The molecule has 2 aromatic rings. The fourth-order valence-corrected chi connectivity index (χ4v) is 4.53. The fraction of sp³-hybridized carbons (Fsp3) is 0.524. The molecule has 0 spiro atoms. The monoisotopic (exact) mass is 409 g/mol. The first kappa shape index (κ1) is 19.9. The predicted octanol–water partition coefficient (Wildman–Crippen LogP) is 4.89. The van der Waals surface area contributed by atoms with Crippen LogP contribution in [0.15, 0.2) is 24.5 Å². The third kappa shape index (κ3) is 3.76. The first-order valence-corrected chi connectivity index (χ1v) is 10.0. The van der Waals surface area contributed by atoms with Crippen LogP contribution in [0.1, 0.15) is 50.0 Å². The topological polar surface area (TPSA) is 49.0 Å². The minimum absolute atomic E-state index is 0.132. The van der Waals surface area contributed by atoms with Gasteiger partial charge in [0, 0.05) is 36.8 Å². The third-order valence-electron chi connectivity index (χ3n) is 6.23. The number of alkyl halides is 2. The van der Waals surface area contributed by atoms with Gasteiger partial charge in [0.2, 0.25) is 5.91 Å². The van der Waals surface area contributed by atoms with E-state index in [2.05, 4.69) is 10.2 Å². The van der Waals surface area contributed by atoms with Gasteiger partial charge in [-0.15, -0.1) is 0 Å². The molecule has 1 aliphatic heterocycles. The van der Waals surface area contributed by atoms with Gasteiger partial charge in [-0.1, -0.05) is 18.6 Å². The number of likely N-dealkylation sites (tertiary alicyclic amines) is 1. The van der Waals surface area contributed by atoms with E-state index in [-0.39, 0.29) is 43.0 Å². The molecular formula is C21H23F4N3O. The van der Waals surface area contributed by atoms with Crippen LogP contribution < -0.4 is 0 Å². The number of rotatable bonds is 3. The molecular weight excluding hydrogens is 386 g/mol. The number of amides is 1. The van der Waals surface area contributed by atoms with E-state index in [4.69, 9.17) is 0 Å². The van der Waals surface area contributed by atoms with Crippen molar-refractivity contribution in [2.45, 2.75) is 50.4 Å². The molecule has 1 atom stereocenters. The van der Waals surface area contributed by atoms with Gasteiger partial charge in [-0.2, -0.15) is 5.10 Å². The number of H-pyrrole nitrogens is 1. The van der Waals surface area contributed by atoms with Gasteiger partial charge in [-0.3, -0.25) is 9.89 Å². The molecule has 1 N–H and O–H groups in total. The second kappa shape index (κ2) is 7.80. The van der Waals surface area contributed by atoms with Crippen molar-refractivity contribution in [2.75, 3.05) is 13.1 Å². The lowest BCUT2D eigenvalue weighted by atomic mass is 9.83. The van der Waals surface area contributed by atoms with Gasteiger partial charge < -0.3 is 4.90 Å². The van der Waals surface area contributed by atoms with Crippen LogP contribution in [0.4, 0.5) is 17.6 Å². The summed E-state index contributed by atoms with van der Waals surface area (Å²) in [6.45, 7) is 0.557. The zero-order chi connectivity index (χ0) is 20.6. The summed E-state index contributed by atoms with van der Waals surface area (Å²) in [5.74, 6) is -6.79. The van der Waals surface area contributed by atoms with E-state index in [0.29, 0.717) is 31.2 Å². The van der Waals surface area contributed by atoms with Crippen molar-refractivity contribution in [2.24, 2.45) is 5.92 Å². The second-order valence-corrected chi connectivity index (χ2v) is 7.98. The molecule has 1 saturated heterocycles. The van der Waals surface area contributed by atoms with E-state index in [0.717, 1.165) is 0 Å². The van der Waals surface area contributed by atoms with Crippen LogP contribution in [0.25, 0.3) is 11.1 Å². The molecule has 2 aliphatic rings. The summed E-state index contributed by atoms with van der Waals surface area (Å²) in [7, 11) is 0. The predicted molar refractivity (Wildman–Crippen MR) is 99.4 cm³/mol. The maximum atomic E-state index is 14.7. The average Bonchev–Trinajstić information content (AvgIpc) is 3.24. The summed E-state index contributed by atoms with van der Waals surface area (Å²) in [6.07, 6.45) is 4.80. The number of nitrogens with one attached hydrogen (secondary N) is 1. The minimum Gasteiger partial charge on any atom is -0.342 e. The Labute approximate surface area is 166 Å². The number of aromatic amines is 1. The molecule has 0 bridgehead atoms. The molecule has 2 heterocycles. The van der Waals surface area contributed by atoms with Crippen molar-refractivity contribution >= 4 is 5.91 Å². The lowest BCUT2D eigenvalue weighted by molar-refractivity contribution is -0.156. The van der Waals surface area contributed by atoms with E-state index in [9.17, 15) is 22.4 Å². The Bertz CT molecular complexity index is 876. The molecule has 156 valence electrons. The lowest BCUT2D eigenvalue weighted by Gasteiger charge is -2.38. The summed E-state index contributed by atoms with van der Waals surface area (Å²) in [5, 5.41) is 6.32. The summed E-state index contributed by atoms with van der Waals surface area (Å²) < 4.78 is 57.5. The molecule has 1 saturated carbocycles. The van der Waals surface area contributed by atoms with Crippen molar-refractivity contribution in [1.29, 1.82) is 0 Å². The quantitative estimate of drug-likeness (QED) is 0.734. The van der Waals surface area contributed by atoms with Gasteiger partial charge in [0.25, 0.3) is 5.92 Å². The van der Waals surface area contributed by atoms with Gasteiger partial charge >= 0.3 is 0 Å². The van der Waals surface area contributed by atoms with Crippen molar-refractivity contribution in [3.63, 3.8) is 0 Å². The zero-order valence-electron chi connectivity index (χ0n) is 15.9. The first-order valence-electron chi connectivity index (χ1n) is 10.0. The molecule has 2 fully saturated rings. The fourth-order valence-electron chi connectivity index (χ4n) is 4.53. The maximum absolute atomic E-state index is 14.7. The normalized spacial score (nSPS) is 22.6. The Kier molecular flexibility index (Phi) is 5.36. The summed E-state index contributed by atoms with van der Waals surface area (Å²) in [6, 6.07) is 3.09. The van der Waals surface area contributed by atoms with Crippen molar-refractivity contribution in [1.82, 2.24) is 15.1 Å². The number of piperidine rings is 1. The molecule has 4 nitrogen and oxygen atoms in total. The zero-order valence-corrected chi connectivity index (χ0v) is 15.9. The number of nitrogens with zero attached hydrogens (tertiary/aromatic N) is 2. The van der Waals surface area contributed by atoms with Crippen LogP contribution in [0.3, 0.4) is 0 Å². The molecule has 29 heavy (non-hydrogen) atoms. The smallest absolute Gasteiger partial charge is 0.259 e. The molecule has 8 heteroatoms. The number of benzene rings is 1. The molecule has 1 amide bonds. The van der Waals surface area contributed by atoms with E-state index in [1.807, 2.05) is 0 Å². The Morgan fingerprint density at radius 3 is 2.52 bits per heavy atom. The Balaban J connectivity index is 1.45. The van der Waals surface area contributed by atoms with E-state index < -0.39 is 29.4 Å². The van der Waals surface area contributed by atoms with E-state index in [1.54, 1.807) is 6.07 Å². The Morgan fingerprint density at radius 2 is 1.86 bits per heavy atom. The number of carbonyl (C=O) groups is 1. The molecule has 1 aromatic heterocycles. The highest BCUT2D eigenvalue weighted by atomic mass is 19.3. The highest BCUT2D eigenvalue weighted by molar-refractivity contribution is 5.80. The number of carbonyl (C=O) groups excluding carboxylic acids is 1. The Morgan fingerprint density at radius 1 is 1.10 bits per heavy atom. The van der Waals surface area contributed by atoms with Gasteiger partial charge in [0.05, 0.1) is 6.20 Å². The first-order chi connectivity index (χ1) is 13.9. The standard InChI is InChI=1S/C21H23F4N3O/c22-18-15(4-5-16(19(18)23)14-11-26-27-12-14)13-6-9-28(10-7-13)20(29)17-3-1-2-8-21(17,24)25/h4-5,11-13,17H,1-3,6-10H2,(H,26,27). The van der Waals surface area contributed by atoms with Crippen molar-refractivity contribution in [3.05, 3.63) is 41.7 Å². The van der Waals surface area contributed by atoms with Crippen molar-refractivity contribution < 1.29 is 22.4 Å². The van der Waals surface area contributed by atoms with Crippen LogP contribution in [-0.2, 0) is 4.79 Å². The summed E-state index contributed by atoms with van der Waals surface area (Å²) >= 11 is 0. The SMILES string of the molecule is O=C(C1CCCCC1(F)F)N1CCC(c2ccc(-c3cn[nH]c3)c(F)c2F)CC1. The number of hydrogen-bond donors (Lipinski definition) is 1. The molecule has 4 rings (SSSR count). The molecule has 1 aliphatic carbocycles. The maximum Gasteiger partial charge on any atom is 0.259 e. The van der Waals surface area contributed by atoms with E-state index >= 15 is 0 Å². The van der Waals surface area contributed by atoms with Gasteiger partial charge in [-0.05, 0) is 37.2 Å². The lowest BCUT2D eigenvalue weighted by Crippen LogP contribution is -2.48. The van der Waals surface area contributed by atoms with Crippen LogP contribution in [-0.4, -0.2) is 40.0 Å². The average molecular weight is 409 g/mol. The van der Waals surface area contributed by atoms with E-state index in [1.165, 1.54) is 23.4 Å². The van der Waals surface area contributed by atoms with Crippen molar-refractivity contribution in [3.8, 4) is 11.1 Å². The number of halogens is 4. The highest BCUT2D eigenvalue weighted by Crippen LogP contribution is 2.41. The molecule has 1 unspecified atom stereocenters. The Hall–Kier alpha value is -2.38. The van der Waals surface area contributed by atoms with Crippen LogP contribution >= 0.6 is 0 Å². The molecule has 1 aromatic carbocycles. The van der Waals surface area contributed by atoms with Gasteiger partial charge in [0.1, 0.15) is 5.92 Å². The second-order valence-electron chi connectivity index (χ2n) is 7.98. The highest BCUT2D eigenvalue weighted by Gasteiger charge is 2.47.